The predicted molar refractivity (Wildman–Crippen MR) is 86.4 cm³/mol. The molecule has 0 spiro atoms. The first-order chi connectivity index (χ1) is 11.2. The lowest BCUT2D eigenvalue weighted by atomic mass is 10.00. The largest absolute Gasteiger partial charge is 0.496 e. The minimum absolute atomic E-state index is 0.0380. The average molecular weight is 335 g/mol. The Bertz CT molecular complexity index is 675. The van der Waals surface area contributed by atoms with E-state index in [2.05, 4.69) is 15.2 Å². The van der Waals surface area contributed by atoms with Gasteiger partial charge in [-0.15, -0.1) is 0 Å². The van der Waals surface area contributed by atoms with Gasteiger partial charge < -0.3 is 9.64 Å². The smallest absolute Gasteiger partial charge is 0.227 e. The molecule has 1 saturated heterocycles. The summed E-state index contributed by atoms with van der Waals surface area (Å²) >= 11 is 6.05. The number of methoxy groups -OCH3 is 1. The van der Waals surface area contributed by atoms with Gasteiger partial charge in [0.2, 0.25) is 5.91 Å². The van der Waals surface area contributed by atoms with Crippen LogP contribution in [0.3, 0.4) is 0 Å². The molecule has 1 N–H and O–H groups in total. The summed E-state index contributed by atoms with van der Waals surface area (Å²) in [7, 11) is 1.59. The zero-order valence-electron chi connectivity index (χ0n) is 13.0. The number of carbonyl (C=O) groups excluding carboxylic acids is 1. The van der Waals surface area contributed by atoms with E-state index in [4.69, 9.17) is 16.3 Å². The lowest BCUT2D eigenvalue weighted by Gasteiger charge is -2.34. The van der Waals surface area contributed by atoms with Gasteiger partial charge in [-0.3, -0.25) is 9.89 Å². The van der Waals surface area contributed by atoms with Crippen LogP contribution in [0.2, 0.25) is 5.02 Å². The topological polar surface area (TPSA) is 71.1 Å². The molecule has 1 amide bonds. The van der Waals surface area contributed by atoms with Gasteiger partial charge in [0, 0.05) is 17.1 Å². The molecule has 122 valence electrons. The van der Waals surface area contributed by atoms with Gasteiger partial charge in [-0.25, -0.2) is 4.98 Å². The maximum atomic E-state index is 12.8. The Morgan fingerprint density at radius 1 is 1.48 bits per heavy atom. The Morgan fingerprint density at radius 3 is 3.09 bits per heavy atom. The third-order valence-electron chi connectivity index (χ3n) is 4.16. The average Bonchev–Trinajstić information content (AvgIpc) is 3.09. The van der Waals surface area contributed by atoms with Gasteiger partial charge in [0.25, 0.3) is 0 Å². The number of likely N-dealkylation sites (tertiary alicyclic amines) is 1. The van der Waals surface area contributed by atoms with Crippen molar-refractivity contribution >= 4 is 17.5 Å². The number of piperidine rings is 1. The number of ether oxygens (including phenoxy) is 1. The molecule has 0 aliphatic carbocycles. The molecule has 1 fully saturated rings. The molecule has 2 aromatic rings. The molecule has 1 atom stereocenters. The number of aromatic amines is 1. The van der Waals surface area contributed by atoms with Gasteiger partial charge in [0.1, 0.15) is 17.9 Å². The first-order valence-corrected chi connectivity index (χ1v) is 8.04. The fourth-order valence-electron chi connectivity index (χ4n) is 3.04. The minimum atomic E-state index is -0.0380. The molecular formula is C16H19ClN4O2. The van der Waals surface area contributed by atoms with Crippen molar-refractivity contribution in [1.82, 2.24) is 20.1 Å². The Labute approximate surface area is 139 Å². The third-order valence-corrected chi connectivity index (χ3v) is 4.39. The van der Waals surface area contributed by atoms with Crippen LogP contribution < -0.4 is 4.74 Å². The van der Waals surface area contributed by atoms with Crippen molar-refractivity contribution in [2.75, 3.05) is 13.7 Å². The van der Waals surface area contributed by atoms with Gasteiger partial charge in [0.15, 0.2) is 0 Å². The molecular weight excluding hydrogens is 316 g/mol. The first kappa shape index (κ1) is 15.8. The molecule has 0 unspecified atom stereocenters. The number of benzene rings is 1. The van der Waals surface area contributed by atoms with E-state index >= 15 is 0 Å². The number of amides is 1. The monoisotopic (exact) mass is 334 g/mol. The molecule has 1 aromatic heterocycles. The van der Waals surface area contributed by atoms with Crippen molar-refractivity contribution in [2.24, 2.45) is 0 Å². The summed E-state index contributed by atoms with van der Waals surface area (Å²) in [6.07, 6.45) is 4.72. The van der Waals surface area contributed by atoms with Crippen molar-refractivity contribution in [3.8, 4) is 5.75 Å². The number of H-pyrrole nitrogens is 1. The van der Waals surface area contributed by atoms with Gasteiger partial charge in [-0.2, -0.15) is 5.10 Å². The summed E-state index contributed by atoms with van der Waals surface area (Å²) < 4.78 is 5.33. The highest BCUT2D eigenvalue weighted by Crippen LogP contribution is 2.30. The lowest BCUT2D eigenvalue weighted by molar-refractivity contribution is -0.134. The number of nitrogens with one attached hydrogen (secondary N) is 1. The van der Waals surface area contributed by atoms with E-state index in [-0.39, 0.29) is 18.4 Å². The maximum absolute atomic E-state index is 12.8. The second-order valence-electron chi connectivity index (χ2n) is 5.60. The Morgan fingerprint density at radius 2 is 2.35 bits per heavy atom. The summed E-state index contributed by atoms with van der Waals surface area (Å²) in [5.74, 6) is 1.47. The van der Waals surface area contributed by atoms with Crippen LogP contribution in [0.25, 0.3) is 0 Å². The number of halogens is 1. The minimum Gasteiger partial charge on any atom is -0.496 e. The molecule has 0 saturated carbocycles. The molecule has 6 nitrogen and oxygen atoms in total. The van der Waals surface area contributed by atoms with Gasteiger partial charge in [-0.1, -0.05) is 11.6 Å². The molecule has 1 aromatic carbocycles. The number of nitrogens with zero attached hydrogens (tertiary/aromatic N) is 3. The Balaban J connectivity index is 1.80. The second kappa shape index (κ2) is 7.00. The second-order valence-corrected chi connectivity index (χ2v) is 6.04. The van der Waals surface area contributed by atoms with Gasteiger partial charge in [0.05, 0.1) is 19.6 Å². The first-order valence-electron chi connectivity index (χ1n) is 7.66. The lowest BCUT2D eigenvalue weighted by Crippen LogP contribution is -2.39. The highest BCUT2D eigenvalue weighted by molar-refractivity contribution is 6.30. The van der Waals surface area contributed by atoms with Crippen LogP contribution in [-0.4, -0.2) is 39.6 Å². The highest BCUT2D eigenvalue weighted by Gasteiger charge is 2.30. The molecule has 23 heavy (non-hydrogen) atoms. The summed E-state index contributed by atoms with van der Waals surface area (Å²) in [4.78, 5) is 18.9. The van der Waals surface area contributed by atoms with Crippen molar-refractivity contribution in [2.45, 2.75) is 31.7 Å². The molecule has 2 heterocycles. The van der Waals surface area contributed by atoms with E-state index < -0.39 is 0 Å². The van der Waals surface area contributed by atoms with Crippen LogP contribution in [-0.2, 0) is 11.2 Å². The van der Waals surface area contributed by atoms with Crippen molar-refractivity contribution in [3.63, 3.8) is 0 Å². The third kappa shape index (κ3) is 3.47. The number of hydrogen-bond acceptors (Lipinski definition) is 4. The molecule has 1 aliphatic rings. The molecule has 7 heteroatoms. The van der Waals surface area contributed by atoms with E-state index in [0.29, 0.717) is 10.8 Å². The Kier molecular flexibility index (Phi) is 4.81. The quantitative estimate of drug-likeness (QED) is 0.933. The standard InChI is InChI=1S/C16H19ClN4O2/c1-23-14-6-5-12(17)8-11(14)9-15(22)21-7-3-2-4-13(21)16-18-10-19-20-16/h5-6,8,10,13H,2-4,7,9H2,1H3,(H,18,19,20)/t13-/m0/s1. The van der Waals surface area contributed by atoms with E-state index in [1.807, 2.05) is 4.90 Å². The summed E-state index contributed by atoms with van der Waals surface area (Å²) in [6, 6.07) is 5.29. The zero-order valence-corrected chi connectivity index (χ0v) is 13.7. The zero-order chi connectivity index (χ0) is 16.2. The van der Waals surface area contributed by atoms with Crippen molar-refractivity contribution in [1.29, 1.82) is 0 Å². The Hall–Kier alpha value is -2.08. The molecule has 0 radical (unpaired) electrons. The predicted octanol–water partition coefficient (Wildman–Crippen LogP) is 2.76. The van der Waals surface area contributed by atoms with Crippen LogP contribution >= 0.6 is 11.6 Å². The summed E-state index contributed by atoms with van der Waals surface area (Å²) in [6.45, 7) is 0.729. The van der Waals surface area contributed by atoms with Crippen LogP contribution in [0.1, 0.15) is 36.7 Å². The normalized spacial score (nSPS) is 18.0. The summed E-state index contributed by atoms with van der Waals surface area (Å²) in [5, 5.41) is 7.39. The van der Waals surface area contributed by atoms with E-state index in [1.165, 1.54) is 6.33 Å². The maximum Gasteiger partial charge on any atom is 0.227 e. The van der Waals surface area contributed by atoms with Crippen LogP contribution in [0.15, 0.2) is 24.5 Å². The van der Waals surface area contributed by atoms with E-state index in [9.17, 15) is 4.79 Å². The van der Waals surface area contributed by atoms with Gasteiger partial charge >= 0.3 is 0 Å². The molecule has 1 aliphatic heterocycles. The number of rotatable bonds is 4. The molecule has 3 rings (SSSR count). The number of carbonyl (C=O) groups is 1. The number of hydrogen-bond donors (Lipinski definition) is 1. The summed E-state index contributed by atoms with van der Waals surface area (Å²) in [5.41, 5.74) is 0.798. The van der Waals surface area contributed by atoms with E-state index in [0.717, 1.165) is 37.2 Å². The SMILES string of the molecule is COc1ccc(Cl)cc1CC(=O)N1CCCC[C@H]1c1ncn[nH]1. The van der Waals surface area contributed by atoms with Crippen molar-refractivity contribution in [3.05, 3.63) is 40.9 Å². The fraction of sp³-hybridized carbons (Fsp3) is 0.438. The highest BCUT2D eigenvalue weighted by atomic mass is 35.5. The van der Waals surface area contributed by atoms with Crippen LogP contribution in [0.5, 0.6) is 5.75 Å². The van der Waals surface area contributed by atoms with Gasteiger partial charge in [-0.05, 0) is 37.5 Å². The fourth-order valence-corrected chi connectivity index (χ4v) is 3.23. The van der Waals surface area contributed by atoms with Crippen LogP contribution in [0, 0.1) is 0 Å². The van der Waals surface area contributed by atoms with Crippen LogP contribution in [0.4, 0.5) is 0 Å². The molecule has 0 bridgehead atoms. The van der Waals surface area contributed by atoms with Crippen molar-refractivity contribution < 1.29 is 9.53 Å². The van der Waals surface area contributed by atoms with E-state index in [1.54, 1.807) is 25.3 Å². The number of aromatic nitrogens is 3.